The summed E-state index contributed by atoms with van der Waals surface area (Å²) >= 11 is 5.23. The molecule has 0 spiro atoms. The Morgan fingerprint density at radius 2 is 1.89 bits per heavy atom. The van der Waals surface area contributed by atoms with Crippen LogP contribution in [0.15, 0.2) is 46.6 Å². The average molecular weight is 699 g/mol. The molecule has 0 radical (unpaired) electrons. The summed E-state index contributed by atoms with van der Waals surface area (Å²) in [6, 6.07) is -1.01. The Bertz CT molecular complexity index is 2130. The summed E-state index contributed by atoms with van der Waals surface area (Å²) in [7, 11) is -5.03. The lowest BCUT2D eigenvalue weighted by molar-refractivity contribution is -0.00107. The van der Waals surface area contributed by atoms with Crippen molar-refractivity contribution in [1.82, 2.24) is 39.0 Å². The van der Waals surface area contributed by atoms with E-state index in [4.69, 9.17) is 46.1 Å². The van der Waals surface area contributed by atoms with Crippen LogP contribution < -0.4 is 17.0 Å². The van der Waals surface area contributed by atoms with E-state index in [9.17, 15) is 29.4 Å². The van der Waals surface area contributed by atoms with Gasteiger partial charge in [0.2, 0.25) is 5.95 Å². The third-order valence-corrected chi connectivity index (χ3v) is 9.84. The molecule has 3 aliphatic rings. The van der Waals surface area contributed by atoms with Crippen molar-refractivity contribution in [3.05, 3.63) is 52.2 Å². The molecular weight excluding hydrogens is 674 g/mol. The number of phosphoric acid groups is 1. The van der Waals surface area contributed by atoms with Crippen LogP contribution in [0, 0.1) is 0 Å². The van der Waals surface area contributed by atoms with Crippen LogP contribution in [0.1, 0.15) is 12.5 Å². The molecule has 5 atom stereocenters. The van der Waals surface area contributed by atoms with Gasteiger partial charge in [0, 0.05) is 11.8 Å². The van der Waals surface area contributed by atoms with Crippen molar-refractivity contribution in [2.24, 2.45) is 0 Å². The maximum atomic E-state index is 13.2. The molecule has 46 heavy (non-hydrogen) atoms. The first kappa shape index (κ1) is 30.7. The number of hydrogen-bond donors (Lipinski definition) is 7. The van der Waals surface area contributed by atoms with Gasteiger partial charge in [0.1, 0.15) is 36.9 Å². The lowest BCUT2D eigenvalue weighted by atomic mass is 10.0. The normalized spacial score (nSPS) is 30.5. The SMILES string of the molecule is Nc1nc2c(ncn2[C@@H]2CC3=C(O)C2OP(=O)(O)OCC2=C(OP(O)(=S)OC3)C(O)(Cn3cnc4c(N)ncnc43)CO2)c(=O)[nH]1. The van der Waals surface area contributed by atoms with E-state index in [1.165, 1.54) is 28.1 Å². The number of anilines is 2. The standard InChI is InChI=1S/C22H24N10O11P2S/c23-17-12-18(26-6-25-17)31(7-27-12)4-22(35)5-39-11-3-40-44(36,37)42-15-10(32-8-28-13-19(32)29-21(24)30-20(13)34)1-9(14(15)33)2-41-45(38,46)43-16(11)22/h6-8,10,15,33,35H,1-5H2,(H,36,37)(H,38,46)(H2,23,25,26)(H3,24,29,30,34)/t10-,15?,22?,45?/m1/s1. The highest BCUT2D eigenvalue weighted by molar-refractivity contribution is 8.07. The third kappa shape index (κ3) is 5.32. The average Bonchev–Trinajstić information content (AvgIpc) is 3.73. The summed E-state index contributed by atoms with van der Waals surface area (Å²) in [5.74, 6) is -1.37. The topological polar surface area (TPSA) is 303 Å². The van der Waals surface area contributed by atoms with E-state index in [-0.39, 0.29) is 58.4 Å². The van der Waals surface area contributed by atoms with Gasteiger partial charge in [0.05, 0.1) is 31.8 Å². The molecule has 244 valence electrons. The molecular formula is C22H24N10O11P2S. The molecule has 2 bridgehead atoms. The first-order chi connectivity index (χ1) is 21.7. The van der Waals surface area contributed by atoms with Crippen LogP contribution in [-0.2, 0) is 45.7 Å². The monoisotopic (exact) mass is 698 g/mol. The molecule has 4 unspecified atom stereocenters. The maximum Gasteiger partial charge on any atom is 0.473 e. The van der Waals surface area contributed by atoms with E-state index in [0.717, 1.165) is 0 Å². The minimum atomic E-state index is -5.03. The minimum absolute atomic E-state index is 0.00786. The largest absolute Gasteiger partial charge is 0.509 e. The predicted octanol–water partition coefficient (Wildman–Crippen LogP) is -0.381. The van der Waals surface area contributed by atoms with E-state index in [1.54, 1.807) is 0 Å². The number of aromatic amines is 1. The van der Waals surface area contributed by atoms with Gasteiger partial charge >= 0.3 is 14.5 Å². The van der Waals surface area contributed by atoms with Gasteiger partial charge in [-0.2, -0.15) is 4.98 Å². The van der Waals surface area contributed by atoms with Gasteiger partial charge < -0.3 is 49.9 Å². The van der Waals surface area contributed by atoms with Crippen molar-refractivity contribution in [2.45, 2.75) is 30.7 Å². The zero-order valence-corrected chi connectivity index (χ0v) is 25.8. The molecule has 0 aromatic carbocycles. The number of nitrogens with one attached hydrogen (secondary N) is 1. The number of ether oxygens (including phenoxy) is 1. The molecule has 0 saturated carbocycles. The first-order valence-electron chi connectivity index (χ1n) is 13.2. The van der Waals surface area contributed by atoms with Gasteiger partial charge in [-0.05, 0) is 12.0 Å². The predicted molar refractivity (Wildman–Crippen MR) is 158 cm³/mol. The fraction of sp³-hybridized carbons (Fsp3) is 0.364. The molecule has 4 aromatic heterocycles. The summed E-state index contributed by atoms with van der Waals surface area (Å²) in [6.45, 7) is -6.38. The number of nitrogens with two attached hydrogens (primary N) is 2. The van der Waals surface area contributed by atoms with Crippen LogP contribution in [0.25, 0.3) is 22.3 Å². The maximum absolute atomic E-state index is 13.2. The molecule has 6 heterocycles. The second kappa shape index (κ2) is 10.8. The number of imidazole rings is 2. The van der Waals surface area contributed by atoms with Gasteiger partial charge in [-0.25, -0.2) is 24.5 Å². The highest BCUT2D eigenvalue weighted by Crippen LogP contribution is 2.55. The van der Waals surface area contributed by atoms with Crippen molar-refractivity contribution in [1.29, 1.82) is 0 Å². The second-order valence-electron chi connectivity index (χ2n) is 10.5. The zero-order chi connectivity index (χ0) is 32.6. The molecule has 0 saturated heterocycles. The molecule has 1 aliphatic carbocycles. The Morgan fingerprint density at radius 3 is 2.70 bits per heavy atom. The minimum Gasteiger partial charge on any atom is -0.509 e. The summed E-state index contributed by atoms with van der Waals surface area (Å²) < 4.78 is 43.4. The molecule has 0 fully saturated rings. The summed E-state index contributed by atoms with van der Waals surface area (Å²) in [6.07, 6.45) is 2.12. The second-order valence-corrected chi connectivity index (χ2v) is 14.7. The van der Waals surface area contributed by atoms with Gasteiger partial charge in [0.25, 0.3) is 5.56 Å². The zero-order valence-electron chi connectivity index (χ0n) is 23.2. The molecule has 4 aromatic rings. The number of hydrogen-bond acceptors (Lipinski definition) is 17. The molecule has 24 heteroatoms. The van der Waals surface area contributed by atoms with Crippen LogP contribution in [0.3, 0.4) is 0 Å². The van der Waals surface area contributed by atoms with Crippen molar-refractivity contribution >= 4 is 60.4 Å². The summed E-state index contributed by atoms with van der Waals surface area (Å²) in [5, 5.41) is 22.8. The highest BCUT2D eigenvalue weighted by atomic mass is 32.5. The fourth-order valence-electron chi connectivity index (χ4n) is 5.40. The molecule has 2 aliphatic heterocycles. The first-order valence-corrected chi connectivity index (χ1v) is 17.3. The number of fused-ring (bicyclic) bond motifs is 3. The Balaban J connectivity index is 1.23. The lowest BCUT2D eigenvalue weighted by Crippen LogP contribution is -2.38. The number of H-pyrrole nitrogens is 1. The number of rotatable bonds is 3. The number of nitrogens with zero attached hydrogens (tertiary/aromatic N) is 7. The van der Waals surface area contributed by atoms with E-state index >= 15 is 0 Å². The number of aliphatic hydroxyl groups is 2. The van der Waals surface area contributed by atoms with Gasteiger partial charge in [0.15, 0.2) is 39.7 Å². The molecule has 21 nitrogen and oxygen atoms in total. The van der Waals surface area contributed by atoms with E-state index in [0.29, 0.717) is 0 Å². The van der Waals surface area contributed by atoms with Gasteiger partial charge in [-0.3, -0.25) is 23.3 Å². The molecule has 0 amide bonds. The van der Waals surface area contributed by atoms with Gasteiger partial charge in [-0.1, -0.05) is 0 Å². The fourth-order valence-corrected chi connectivity index (χ4v) is 7.52. The number of aromatic nitrogens is 8. The Morgan fingerprint density at radius 1 is 1.11 bits per heavy atom. The smallest absolute Gasteiger partial charge is 0.473 e. The Kier molecular flexibility index (Phi) is 7.19. The van der Waals surface area contributed by atoms with Gasteiger partial charge in [-0.15, -0.1) is 0 Å². The van der Waals surface area contributed by atoms with Crippen molar-refractivity contribution in [3.8, 4) is 0 Å². The van der Waals surface area contributed by atoms with Crippen molar-refractivity contribution in [3.63, 3.8) is 0 Å². The van der Waals surface area contributed by atoms with Crippen LogP contribution in [-0.4, -0.2) is 90.6 Å². The van der Waals surface area contributed by atoms with Crippen LogP contribution >= 0.6 is 14.5 Å². The van der Waals surface area contributed by atoms with Crippen LogP contribution in [0.5, 0.6) is 0 Å². The quantitative estimate of drug-likeness (QED) is 0.134. The van der Waals surface area contributed by atoms with Crippen molar-refractivity contribution < 1.29 is 47.4 Å². The summed E-state index contributed by atoms with van der Waals surface area (Å²) in [4.78, 5) is 56.8. The van der Waals surface area contributed by atoms with E-state index < -0.39 is 69.2 Å². The van der Waals surface area contributed by atoms with Crippen LogP contribution in [0.2, 0.25) is 0 Å². The molecule has 9 N–H and O–H groups in total. The number of nitrogen functional groups attached to an aromatic ring is 2. The summed E-state index contributed by atoms with van der Waals surface area (Å²) in [5.41, 5.74) is 9.45. The highest BCUT2D eigenvalue weighted by Gasteiger charge is 2.49. The van der Waals surface area contributed by atoms with Crippen molar-refractivity contribution in [2.75, 3.05) is 31.3 Å². The Hall–Kier alpha value is -3.98. The lowest BCUT2D eigenvalue weighted by Gasteiger charge is -2.27. The third-order valence-electron chi connectivity index (χ3n) is 7.48. The van der Waals surface area contributed by atoms with E-state index in [1.807, 2.05) is 0 Å². The molecule has 7 rings (SSSR count). The van der Waals surface area contributed by atoms with Crippen LogP contribution in [0.4, 0.5) is 11.8 Å². The number of phosphoric ester groups is 1. The number of aliphatic hydroxyl groups excluding tert-OH is 1. The Labute approximate surface area is 261 Å². The van der Waals surface area contributed by atoms with E-state index in [2.05, 4.69) is 29.9 Å².